The SMILES string of the molecule is Cc1nn(C)c(C)c1CCNC(=O)c1cnn(C)c1N. The van der Waals surface area contributed by atoms with Gasteiger partial charge in [0.2, 0.25) is 0 Å². The molecule has 0 spiro atoms. The van der Waals surface area contributed by atoms with Gasteiger partial charge in [0.15, 0.2) is 0 Å². The number of carbonyl (C=O) groups is 1. The summed E-state index contributed by atoms with van der Waals surface area (Å²) in [5.41, 5.74) is 9.47. The van der Waals surface area contributed by atoms with Crippen molar-refractivity contribution < 1.29 is 4.79 Å². The predicted molar refractivity (Wildman–Crippen MR) is 76.3 cm³/mol. The first-order chi connectivity index (χ1) is 9.41. The van der Waals surface area contributed by atoms with Gasteiger partial charge >= 0.3 is 0 Å². The Bertz CT molecular complexity index is 640. The number of nitrogens with two attached hydrogens (primary N) is 1. The number of nitrogens with zero attached hydrogens (tertiary/aromatic N) is 4. The number of aryl methyl sites for hydroxylation is 3. The van der Waals surface area contributed by atoms with Gasteiger partial charge in [-0.05, 0) is 25.8 Å². The minimum atomic E-state index is -0.199. The monoisotopic (exact) mass is 276 g/mol. The van der Waals surface area contributed by atoms with Crippen molar-refractivity contribution in [1.29, 1.82) is 0 Å². The van der Waals surface area contributed by atoms with E-state index in [0.29, 0.717) is 17.9 Å². The smallest absolute Gasteiger partial charge is 0.256 e. The van der Waals surface area contributed by atoms with E-state index in [4.69, 9.17) is 5.73 Å². The lowest BCUT2D eigenvalue weighted by atomic mass is 10.1. The summed E-state index contributed by atoms with van der Waals surface area (Å²) in [4.78, 5) is 12.0. The van der Waals surface area contributed by atoms with Crippen LogP contribution in [0, 0.1) is 13.8 Å². The first kappa shape index (κ1) is 14.1. The lowest BCUT2D eigenvalue weighted by molar-refractivity contribution is 0.0955. The van der Waals surface area contributed by atoms with Crippen molar-refractivity contribution in [1.82, 2.24) is 24.9 Å². The summed E-state index contributed by atoms with van der Waals surface area (Å²) in [5, 5.41) is 11.2. The number of rotatable bonds is 4. The van der Waals surface area contributed by atoms with Gasteiger partial charge in [0, 0.05) is 26.3 Å². The second kappa shape index (κ2) is 5.36. The third-order valence-corrected chi connectivity index (χ3v) is 3.55. The van der Waals surface area contributed by atoms with Gasteiger partial charge in [-0.25, -0.2) is 0 Å². The summed E-state index contributed by atoms with van der Waals surface area (Å²) in [7, 11) is 3.62. The minimum Gasteiger partial charge on any atom is -0.383 e. The van der Waals surface area contributed by atoms with Crippen LogP contribution in [0.2, 0.25) is 0 Å². The molecule has 108 valence electrons. The number of aromatic nitrogens is 4. The highest BCUT2D eigenvalue weighted by Gasteiger charge is 2.14. The molecule has 0 fully saturated rings. The lowest BCUT2D eigenvalue weighted by Gasteiger charge is -2.05. The van der Waals surface area contributed by atoms with Crippen LogP contribution in [0.4, 0.5) is 5.82 Å². The zero-order chi connectivity index (χ0) is 14.9. The molecule has 0 saturated heterocycles. The van der Waals surface area contributed by atoms with Gasteiger partial charge in [0.25, 0.3) is 5.91 Å². The van der Waals surface area contributed by atoms with Crippen LogP contribution in [-0.2, 0) is 20.5 Å². The Hall–Kier alpha value is -2.31. The van der Waals surface area contributed by atoms with Crippen LogP contribution in [0.15, 0.2) is 6.20 Å². The average Bonchev–Trinajstić information content (AvgIpc) is 2.84. The fourth-order valence-corrected chi connectivity index (χ4v) is 2.20. The van der Waals surface area contributed by atoms with Crippen LogP contribution in [0.25, 0.3) is 0 Å². The molecule has 0 unspecified atom stereocenters. The number of carbonyl (C=O) groups excluding carboxylic acids is 1. The highest BCUT2D eigenvalue weighted by atomic mass is 16.1. The molecule has 0 saturated carbocycles. The first-order valence-corrected chi connectivity index (χ1v) is 6.46. The van der Waals surface area contributed by atoms with Crippen molar-refractivity contribution in [3.63, 3.8) is 0 Å². The molecule has 2 heterocycles. The van der Waals surface area contributed by atoms with Gasteiger partial charge in [0.1, 0.15) is 11.4 Å². The Kier molecular flexibility index (Phi) is 3.78. The standard InChI is InChI=1S/C13H20N6O/c1-8-10(9(2)18(3)17-8)5-6-15-13(20)11-7-16-19(4)12(11)14/h7H,5-6,14H2,1-4H3,(H,15,20). The molecule has 3 N–H and O–H groups in total. The number of hydrogen-bond acceptors (Lipinski definition) is 4. The molecule has 20 heavy (non-hydrogen) atoms. The summed E-state index contributed by atoms with van der Waals surface area (Å²) < 4.78 is 3.33. The number of amides is 1. The molecule has 0 radical (unpaired) electrons. The van der Waals surface area contributed by atoms with Crippen molar-refractivity contribution in [2.24, 2.45) is 14.1 Å². The van der Waals surface area contributed by atoms with Crippen molar-refractivity contribution in [2.75, 3.05) is 12.3 Å². The highest BCUT2D eigenvalue weighted by Crippen LogP contribution is 2.12. The van der Waals surface area contributed by atoms with Crippen LogP contribution in [0.1, 0.15) is 27.3 Å². The highest BCUT2D eigenvalue weighted by molar-refractivity contribution is 5.98. The van der Waals surface area contributed by atoms with Crippen LogP contribution in [0.3, 0.4) is 0 Å². The van der Waals surface area contributed by atoms with Gasteiger partial charge in [0.05, 0.1) is 11.9 Å². The maximum atomic E-state index is 12.0. The van der Waals surface area contributed by atoms with Crippen molar-refractivity contribution in [3.05, 3.63) is 28.7 Å². The molecule has 1 amide bonds. The third kappa shape index (κ3) is 2.52. The van der Waals surface area contributed by atoms with Gasteiger partial charge in [-0.15, -0.1) is 0 Å². The van der Waals surface area contributed by atoms with E-state index in [-0.39, 0.29) is 5.91 Å². The Morgan fingerprint density at radius 2 is 2.05 bits per heavy atom. The van der Waals surface area contributed by atoms with Crippen molar-refractivity contribution in [2.45, 2.75) is 20.3 Å². The van der Waals surface area contributed by atoms with Gasteiger partial charge in [-0.1, -0.05) is 0 Å². The Labute approximate surface area is 117 Å². The van der Waals surface area contributed by atoms with E-state index in [2.05, 4.69) is 15.5 Å². The fourth-order valence-electron chi connectivity index (χ4n) is 2.20. The molecule has 2 aromatic rings. The van der Waals surface area contributed by atoms with Gasteiger partial charge in [-0.2, -0.15) is 10.2 Å². The Morgan fingerprint density at radius 1 is 1.35 bits per heavy atom. The lowest BCUT2D eigenvalue weighted by Crippen LogP contribution is -2.26. The average molecular weight is 276 g/mol. The molecule has 2 aromatic heterocycles. The molecule has 0 aromatic carbocycles. The quantitative estimate of drug-likeness (QED) is 0.841. The molecule has 7 heteroatoms. The second-order valence-electron chi connectivity index (χ2n) is 4.85. The summed E-state index contributed by atoms with van der Waals surface area (Å²) in [6, 6.07) is 0. The minimum absolute atomic E-state index is 0.199. The second-order valence-corrected chi connectivity index (χ2v) is 4.85. The third-order valence-electron chi connectivity index (χ3n) is 3.55. The largest absolute Gasteiger partial charge is 0.383 e. The molecule has 0 aliphatic heterocycles. The van der Waals surface area contributed by atoms with E-state index in [1.165, 1.54) is 16.4 Å². The fraction of sp³-hybridized carbons (Fsp3) is 0.462. The number of nitrogens with one attached hydrogen (secondary N) is 1. The summed E-state index contributed by atoms with van der Waals surface area (Å²) in [5.74, 6) is 0.172. The molecule has 0 atom stereocenters. The molecule has 0 aliphatic rings. The number of hydrogen-bond donors (Lipinski definition) is 2. The molecule has 2 rings (SSSR count). The van der Waals surface area contributed by atoms with Gasteiger partial charge in [-0.3, -0.25) is 14.2 Å². The van der Waals surface area contributed by atoms with E-state index < -0.39 is 0 Å². The topological polar surface area (TPSA) is 90.8 Å². The van der Waals surface area contributed by atoms with Gasteiger partial charge < -0.3 is 11.1 Å². The number of anilines is 1. The maximum absolute atomic E-state index is 12.0. The van der Waals surface area contributed by atoms with E-state index >= 15 is 0 Å². The summed E-state index contributed by atoms with van der Waals surface area (Å²) in [6.45, 7) is 4.54. The first-order valence-electron chi connectivity index (χ1n) is 6.46. The summed E-state index contributed by atoms with van der Waals surface area (Å²) in [6.07, 6.45) is 2.22. The Morgan fingerprint density at radius 3 is 2.55 bits per heavy atom. The van der Waals surface area contributed by atoms with Crippen molar-refractivity contribution >= 4 is 11.7 Å². The van der Waals surface area contributed by atoms with Crippen LogP contribution in [0.5, 0.6) is 0 Å². The summed E-state index contributed by atoms with van der Waals surface area (Å²) >= 11 is 0. The molecule has 0 aliphatic carbocycles. The number of nitrogen functional groups attached to an aromatic ring is 1. The zero-order valence-corrected chi connectivity index (χ0v) is 12.3. The molecule has 7 nitrogen and oxygen atoms in total. The van der Waals surface area contributed by atoms with E-state index in [9.17, 15) is 4.79 Å². The van der Waals surface area contributed by atoms with E-state index in [0.717, 1.165) is 17.8 Å². The van der Waals surface area contributed by atoms with Crippen LogP contribution >= 0.6 is 0 Å². The molecule has 0 bridgehead atoms. The van der Waals surface area contributed by atoms with Crippen LogP contribution < -0.4 is 11.1 Å². The normalized spacial score (nSPS) is 10.8. The van der Waals surface area contributed by atoms with Crippen LogP contribution in [-0.4, -0.2) is 32.0 Å². The molecular weight excluding hydrogens is 256 g/mol. The Balaban J connectivity index is 1.96. The molecular formula is C13H20N6O. The van der Waals surface area contributed by atoms with E-state index in [1.54, 1.807) is 7.05 Å². The van der Waals surface area contributed by atoms with E-state index in [1.807, 2.05) is 25.6 Å². The predicted octanol–water partition coefficient (Wildman–Crippen LogP) is 0.325. The van der Waals surface area contributed by atoms with Crippen molar-refractivity contribution in [3.8, 4) is 0 Å². The zero-order valence-electron chi connectivity index (χ0n) is 12.3. The maximum Gasteiger partial charge on any atom is 0.256 e.